The van der Waals surface area contributed by atoms with E-state index in [2.05, 4.69) is 62.8 Å². The molecule has 2 aromatic carbocycles. The lowest BCUT2D eigenvalue weighted by Gasteiger charge is -2.36. The molecule has 3 aliphatic rings. The maximum Gasteiger partial charge on any atom is 0.254 e. The fourth-order valence-electron chi connectivity index (χ4n) is 10.3. The van der Waals surface area contributed by atoms with E-state index in [0.29, 0.717) is 90.5 Å². The van der Waals surface area contributed by atoms with E-state index < -0.39 is 35.1 Å². The lowest BCUT2D eigenvalue weighted by atomic mass is 10.0. The highest BCUT2D eigenvalue weighted by Gasteiger charge is 2.25. The monoisotopic (exact) mass is 1140 g/mol. The molecule has 2 aliphatic heterocycles. The van der Waals surface area contributed by atoms with E-state index in [0.717, 1.165) is 68.5 Å². The molecule has 0 spiro atoms. The van der Waals surface area contributed by atoms with Crippen LogP contribution >= 0.6 is 0 Å². The summed E-state index contributed by atoms with van der Waals surface area (Å²) in [4.78, 5) is 47.3. The number of aryl methyl sites for hydroxylation is 1. The number of nitrogen functional groups attached to an aromatic ring is 2. The molecule has 1 saturated carbocycles. The Hall–Kier alpha value is -9.14. The Morgan fingerprint density at radius 3 is 1.40 bits per heavy atom. The van der Waals surface area contributed by atoms with Gasteiger partial charge in [0.15, 0.2) is 34.1 Å². The maximum absolute atomic E-state index is 14.5. The zero-order valence-corrected chi connectivity index (χ0v) is 46.4. The number of halogens is 4. The van der Waals surface area contributed by atoms with E-state index in [-0.39, 0.29) is 28.7 Å². The van der Waals surface area contributed by atoms with Gasteiger partial charge < -0.3 is 40.7 Å². The van der Waals surface area contributed by atoms with Gasteiger partial charge in [-0.2, -0.15) is 29.2 Å². The third-order valence-electron chi connectivity index (χ3n) is 14.7. The van der Waals surface area contributed by atoms with Crippen LogP contribution in [0.15, 0.2) is 82.3 Å². The molecule has 6 N–H and O–H groups in total. The normalized spacial score (nSPS) is 14.7. The van der Waals surface area contributed by atoms with Crippen molar-refractivity contribution in [3.8, 4) is 23.2 Å². The molecule has 8 aromatic heterocycles. The number of anilines is 4. The molecule has 83 heavy (non-hydrogen) atoms. The van der Waals surface area contributed by atoms with E-state index in [1.165, 1.54) is 73.8 Å². The van der Waals surface area contributed by atoms with Crippen LogP contribution in [0.4, 0.5) is 40.8 Å². The van der Waals surface area contributed by atoms with Crippen LogP contribution in [0.2, 0.25) is 0 Å². The van der Waals surface area contributed by atoms with Gasteiger partial charge in [0.1, 0.15) is 23.3 Å². The summed E-state index contributed by atoms with van der Waals surface area (Å²) >= 11 is 0. The van der Waals surface area contributed by atoms with Crippen LogP contribution in [0.3, 0.4) is 0 Å². The molecule has 3 fully saturated rings. The lowest BCUT2D eigenvalue weighted by molar-refractivity contribution is 0.0950. The first-order chi connectivity index (χ1) is 40.3. The Bertz CT molecular complexity index is 3830. The summed E-state index contributed by atoms with van der Waals surface area (Å²) in [5.74, 6) is -1.68. The van der Waals surface area contributed by atoms with E-state index >= 15 is 0 Å². The number of rotatable bonds is 11. The highest BCUT2D eigenvalue weighted by Crippen LogP contribution is 2.29. The molecule has 13 rings (SSSR count). The van der Waals surface area contributed by atoms with Crippen LogP contribution in [-0.2, 0) is 13.1 Å². The highest BCUT2D eigenvalue weighted by molar-refractivity contribution is 5.96. The second kappa shape index (κ2) is 25.8. The molecule has 27 heteroatoms. The average Bonchev–Trinajstić information content (AvgIpc) is 3.37. The molecule has 2 saturated heterocycles. The number of piperidine rings is 1. The number of fused-ring (bicyclic) bond motifs is 6. The van der Waals surface area contributed by atoms with Crippen molar-refractivity contribution in [3.63, 3.8) is 0 Å². The van der Waals surface area contributed by atoms with Crippen LogP contribution in [0.25, 0.3) is 56.5 Å². The SMILES string of the molecule is C1CCCCC1.CCCn1ncc2c1nc(N)n1nc(-c3ccco3)nc21.CNC(=O)c1cc(N2CCCCC2)c(F)cc1F.CNC(=O)c1cc(N2CCN(CCn3ncc4c3nc(N)n3nc(-c5ccco5)nc43)CC2)c(F)cc1F. The predicted molar refractivity (Wildman–Crippen MR) is 305 cm³/mol. The van der Waals surface area contributed by atoms with Crippen LogP contribution in [-0.4, -0.2) is 135 Å². The predicted octanol–water partition coefficient (Wildman–Crippen LogP) is 8.16. The van der Waals surface area contributed by atoms with Crippen LogP contribution in [0, 0.1) is 23.3 Å². The summed E-state index contributed by atoms with van der Waals surface area (Å²) in [5.41, 5.74) is 14.9. The van der Waals surface area contributed by atoms with Crippen molar-refractivity contribution < 1.29 is 36.0 Å². The summed E-state index contributed by atoms with van der Waals surface area (Å²) in [6.07, 6.45) is 19.6. The number of amides is 2. The number of hydrogen-bond donors (Lipinski definition) is 4. The summed E-state index contributed by atoms with van der Waals surface area (Å²) in [5, 5.41) is 23.9. The minimum Gasteiger partial charge on any atom is -0.461 e. The third-order valence-corrected chi connectivity index (χ3v) is 14.7. The summed E-state index contributed by atoms with van der Waals surface area (Å²) in [6, 6.07) is 11.2. The molecule has 23 nitrogen and oxygen atoms in total. The number of piperazine rings is 1. The smallest absolute Gasteiger partial charge is 0.254 e. The number of hydrogen-bond acceptors (Lipinski definition) is 17. The second-order valence-corrected chi connectivity index (χ2v) is 20.2. The number of furan rings is 2. The van der Waals surface area contributed by atoms with Gasteiger partial charge in [-0.15, -0.1) is 10.2 Å². The standard InChI is InChI=1S/C24H24F2N10O2.C13H16F2N2O.C13H13N7O.C6H12/c1-28-23(37)14-11-18(17(26)12-16(14)25)34-7-4-33(5-8-34)6-9-35-21-15(13-29-35)22-30-20(19-3-2-10-38-19)32-36(22)24(27)31-21;1-16-13(18)9-7-12(11(15)8-10(9)14)17-5-3-2-4-6-17;1-2-5-19-11-8(7-15-19)12-16-10(9-4-3-6-21-9)18-20(12)13(14)17-11;1-2-4-6-5-3-1/h2-3,10-13H,4-9H2,1H3,(H2,27,31)(H,28,37);7-8H,2-6H2,1H3,(H,16,18);3-4,6-7H,2,5H2,1H3,(H2,14,17);1-6H2. The zero-order valence-electron chi connectivity index (χ0n) is 46.4. The highest BCUT2D eigenvalue weighted by atomic mass is 19.1. The fourth-order valence-corrected chi connectivity index (χ4v) is 10.3. The van der Waals surface area contributed by atoms with Crippen molar-refractivity contribution in [1.29, 1.82) is 0 Å². The quantitative estimate of drug-likeness (QED) is 0.0890. The maximum atomic E-state index is 14.5. The van der Waals surface area contributed by atoms with Gasteiger partial charge in [0.25, 0.3) is 11.8 Å². The minimum atomic E-state index is -0.884. The van der Waals surface area contributed by atoms with Gasteiger partial charge >= 0.3 is 0 Å². The van der Waals surface area contributed by atoms with Crippen molar-refractivity contribution in [2.24, 2.45) is 0 Å². The van der Waals surface area contributed by atoms with Crippen LogP contribution < -0.4 is 31.9 Å². The molecule has 436 valence electrons. The van der Waals surface area contributed by atoms with Crippen molar-refractivity contribution in [2.75, 3.05) is 81.2 Å². The van der Waals surface area contributed by atoms with Crippen molar-refractivity contribution in [3.05, 3.63) is 108 Å². The molecular weight excluding hydrogens is 1080 g/mol. The first-order valence-electron chi connectivity index (χ1n) is 27.8. The number of carbonyl (C=O) groups is 2. The second-order valence-electron chi connectivity index (χ2n) is 20.2. The Balaban J connectivity index is 0.000000143. The van der Waals surface area contributed by atoms with E-state index in [1.54, 1.807) is 53.9 Å². The number of nitrogens with one attached hydrogen (secondary N) is 2. The van der Waals surface area contributed by atoms with Gasteiger partial charge in [0.05, 0.1) is 64.7 Å². The largest absolute Gasteiger partial charge is 0.461 e. The molecule has 0 unspecified atom stereocenters. The molecule has 10 heterocycles. The molecule has 0 radical (unpaired) electrons. The summed E-state index contributed by atoms with van der Waals surface area (Å²) in [7, 11) is 2.83. The Kier molecular flexibility index (Phi) is 17.7. The Labute approximate surface area is 473 Å². The van der Waals surface area contributed by atoms with Crippen molar-refractivity contribution >= 4 is 68.4 Å². The molecule has 2 amide bonds. The molecular formula is C56H65F4N19O4. The van der Waals surface area contributed by atoms with Gasteiger partial charge in [-0.25, -0.2) is 36.9 Å². The van der Waals surface area contributed by atoms with E-state index in [1.807, 2.05) is 14.5 Å². The van der Waals surface area contributed by atoms with Gasteiger partial charge in [-0.05, 0) is 62.1 Å². The van der Waals surface area contributed by atoms with Crippen LogP contribution in [0.1, 0.15) is 91.8 Å². The summed E-state index contributed by atoms with van der Waals surface area (Å²) < 4.78 is 73.2. The number of aromatic nitrogens is 12. The Morgan fingerprint density at radius 1 is 0.542 bits per heavy atom. The minimum absolute atomic E-state index is 0.112. The molecule has 10 aromatic rings. The average molecular weight is 1140 g/mol. The Morgan fingerprint density at radius 2 is 0.976 bits per heavy atom. The third kappa shape index (κ3) is 12.5. The molecule has 0 atom stereocenters. The van der Waals surface area contributed by atoms with Crippen molar-refractivity contribution in [1.82, 2.24) is 74.3 Å². The first kappa shape index (κ1) is 57.1. The van der Waals surface area contributed by atoms with Crippen LogP contribution in [0.5, 0.6) is 0 Å². The number of nitrogens with two attached hydrogens (primary N) is 2. The van der Waals surface area contributed by atoms with Gasteiger partial charge in [-0.1, -0.05) is 45.4 Å². The van der Waals surface area contributed by atoms with Gasteiger partial charge in [0, 0.05) is 78.6 Å². The first-order valence-corrected chi connectivity index (χ1v) is 27.8. The summed E-state index contributed by atoms with van der Waals surface area (Å²) in [6.45, 7) is 7.95. The van der Waals surface area contributed by atoms with Gasteiger partial charge in [0.2, 0.25) is 23.5 Å². The number of benzene rings is 2. The topological polar surface area (TPSA) is 268 Å². The van der Waals surface area contributed by atoms with Gasteiger partial charge in [-0.3, -0.25) is 14.5 Å². The fraction of sp³-hybridized carbons (Fsp3) is 0.393. The van der Waals surface area contributed by atoms with E-state index in [9.17, 15) is 27.2 Å². The molecule has 1 aliphatic carbocycles. The van der Waals surface area contributed by atoms with E-state index in [4.69, 9.17) is 20.3 Å². The van der Waals surface area contributed by atoms with Crippen molar-refractivity contribution in [2.45, 2.75) is 84.2 Å². The molecule has 0 bridgehead atoms. The number of carbonyl (C=O) groups excluding carboxylic acids is 2. The number of nitrogens with zero attached hydrogens (tertiary/aromatic N) is 15. The zero-order chi connectivity index (χ0) is 58.1. The lowest BCUT2D eigenvalue weighted by Crippen LogP contribution is -2.47.